The Morgan fingerprint density at radius 1 is 0.829 bits per heavy atom. The van der Waals surface area contributed by atoms with Crippen LogP contribution in [0, 0.1) is 10.1 Å². The second-order valence-electron chi connectivity index (χ2n) is 8.34. The van der Waals surface area contributed by atoms with Crippen molar-refractivity contribution < 1.29 is 9.72 Å². The SMILES string of the molecule is O=C(N[C@H](c1ccc([N+](=O)[O-])cc1)c1cn(Cc2ccccc2)c2ccccc12)c1ccccc1. The van der Waals surface area contributed by atoms with Crippen LogP contribution in [0.3, 0.4) is 0 Å². The molecule has 0 radical (unpaired) electrons. The summed E-state index contributed by atoms with van der Waals surface area (Å²) in [7, 11) is 0. The summed E-state index contributed by atoms with van der Waals surface area (Å²) >= 11 is 0. The van der Waals surface area contributed by atoms with E-state index in [2.05, 4.69) is 34.3 Å². The van der Waals surface area contributed by atoms with Crippen molar-refractivity contribution in [1.82, 2.24) is 9.88 Å². The summed E-state index contributed by atoms with van der Waals surface area (Å²) in [5, 5.41) is 15.4. The number of carbonyl (C=O) groups is 1. The number of rotatable bonds is 7. The van der Waals surface area contributed by atoms with Gasteiger partial charge in [-0.2, -0.15) is 0 Å². The van der Waals surface area contributed by atoms with Gasteiger partial charge in [-0.05, 0) is 41.5 Å². The van der Waals surface area contributed by atoms with Crippen molar-refractivity contribution >= 4 is 22.5 Å². The number of nitro groups is 1. The lowest BCUT2D eigenvalue weighted by Gasteiger charge is -2.19. The van der Waals surface area contributed by atoms with E-state index in [1.54, 1.807) is 24.3 Å². The van der Waals surface area contributed by atoms with Gasteiger partial charge in [-0.3, -0.25) is 14.9 Å². The van der Waals surface area contributed by atoms with Gasteiger partial charge in [-0.25, -0.2) is 0 Å². The van der Waals surface area contributed by atoms with E-state index in [9.17, 15) is 14.9 Å². The summed E-state index contributed by atoms with van der Waals surface area (Å²) in [5.41, 5.74) is 4.46. The molecule has 0 saturated heterocycles. The Morgan fingerprint density at radius 3 is 2.14 bits per heavy atom. The van der Waals surface area contributed by atoms with Crippen molar-refractivity contribution in [2.75, 3.05) is 0 Å². The fourth-order valence-corrected chi connectivity index (χ4v) is 4.35. The summed E-state index contributed by atoms with van der Waals surface area (Å²) in [6, 6.07) is 33.2. The van der Waals surface area contributed by atoms with Crippen LogP contribution < -0.4 is 5.32 Å². The van der Waals surface area contributed by atoms with E-state index in [-0.39, 0.29) is 11.6 Å². The Morgan fingerprint density at radius 2 is 1.46 bits per heavy atom. The molecule has 1 aromatic heterocycles. The third kappa shape index (κ3) is 4.68. The molecule has 0 aliphatic carbocycles. The normalized spacial score (nSPS) is 11.8. The van der Waals surface area contributed by atoms with Gasteiger partial charge in [0.15, 0.2) is 0 Å². The maximum atomic E-state index is 13.2. The van der Waals surface area contributed by atoms with Crippen molar-refractivity contribution in [1.29, 1.82) is 0 Å². The number of nitrogens with zero attached hydrogens (tertiary/aromatic N) is 2. The highest BCUT2D eigenvalue weighted by molar-refractivity contribution is 5.95. The van der Waals surface area contributed by atoms with E-state index in [0.29, 0.717) is 12.1 Å². The number of hydrogen-bond donors (Lipinski definition) is 1. The standard InChI is InChI=1S/C29H23N3O3/c33-29(23-11-5-2-6-12-23)30-28(22-15-17-24(18-16-22)32(34)35)26-20-31(19-21-9-3-1-4-10-21)27-14-8-7-13-25(26)27/h1-18,20,28H,19H2,(H,30,33)/t28-/m1/s1. The molecule has 6 nitrogen and oxygen atoms in total. The molecule has 35 heavy (non-hydrogen) atoms. The summed E-state index contributed by atoms with van der Waals surface area (Å²) in [6.45, 7) is 0.682. The van der Waals surface area contributed by atoms with Crippen LogP contribution in [0.4, 0.5) is 5.69 Å². The molecule has 0 fully saturated rings. The molecular weight excluding hydrogens is 438 g/mol. The minimum Gasteiger partial charge on any atom is -0.343 e. The predicted molar refractivity (Wildman–Crippen MR) is 136 cm³/mol. The van der Waals surface area contributed by atoms with Crippen LogP contribution in [0.1, 0.15) is 33.1 Å². The average molecular weight is 462 g/mol. The van der Waals surface area contributed by atoms with Crippen LogP contribution in [0.5, 0.6) is 0 Å². The molecule has 0 aliphatic rings. The number of amides is 1. The molecule has 1 heterocycles. The molecule has 1 atom stereocenters. The molecule has 0 spiro atoms. The van der Waals surface area contributed by atoms with Gasteiger partial charge < -0.3 is 9.88 Å². The summed E-state index contributed by atoms with van der Waals surface area (Å²) in [6.07, 6.45) is 2.06. The zero-order valence-electron chi connectivity index (χ0n) is 18.9. The zero-order valence-corrected chi connectivity index (χ0v) is 18.9. The largest absolute Gasteiger partial charge is 0.343 e. The van der Waals surface area contributed by atoms with Gasteiger partial charge >= 0.3 is 0 Å². The number of para-hydroxylation sites is 1. The fraction of sp³-hybridized carbons (Fsp3) is 0.0690. The Hall–Kier alpha value is -4.71. The average Bonchev–Trinajstić information content (AvgIpc) is 3.26. The van der Waals surface area contributed by atoms with Crippen LogP contribution in [-0.4, -0.2) is 15.4 Å². The van der Waals surface area contributed by atoms with Crippen LogP contribution in [0.15, 0.2) is 115 Å². The molecule has 5 rings (SSSR count). The molecule has 0 aliphatic heterocycles. The number of aromatic nitrogens is 1. The monoisotopic (exact) mass is 461 g/mol. The van der Waals surface area contributed by atoms with Gasteiger partial charge in [-0.15, -0.1) is 0 Å². The second kappa shape index (κ2) is 9.65. The van der Waals surface area contributed by atoms with Gasteiger partial charge in [0.1, 0.15) is 0 Å². The maximum Gasteiger partial charge on any atom is 0.269 e. The highest BCUT2D eigenvalue weighted by Gasteiger charge is 2.23. The van der Waals surface area contributed by atoms with Crippen molar-refractivity contribution in [2.24, 2.45) is 0 Å². The Balaban J connectivity index is 1.60. The second-order valence-corrected chi connectivity index (χ2v) is 8.34. The quantitative estimate of drug-likeness (QED) is 0.234. The molecule has 1 amide bonds. The molecule has 172 valence electrons. The summed E-state index contributed by atoms with van der Waals surface area (Å²) in [5.74, 6) is -0.214. The highest BCUT2D eigenvalue weighted by atomic mass is 16.6. The Bertz CT molecular complexity index is 1480. The molecule has 0 unspecified atom stereocenters. The van der Waals surface area contributed by atoms with Crippen LogP contribution in [-0.2, 0) is 6.54 Å². The van der Waals surface area contributed by atoms with E-state index < -0.39 is 11.0 Å². The minimum absolute atomic E-state index is 0.00777. The molecular formula is C29H23N3O3. The molecule has 5 aromatic rings. The molecule has 4 aromatic carbocycles. The van der Waals surface area contributed by atoms with Gasteiger partial charge in [0.05, 0.1) is 11.0 Å². The first-order valence-corrected chi connectivity index (χ1v) is 11.3. The number of nitrogens with one attached hydrogen (secondary N) is 1. The van der Waals surface area contributed by atoms with Crippen molar-refractivity contribution in [3.05, 3.63) is 148 Å². The van der Waals surface area contributed by atoms with E-state index in [1.165, 1.54) is 17.7 Å². The third-order valence-electron chi connectivity index (χ3n) is 6.07. The number of nitro benzene ring substituents is 1. The van der Waals surface area contributed by atoms with E-state index in [4.69, 9.17) is 0 Å². The van der Waals surface area contributed by atoms with Gasteiger partial charge in [0.25, 0.3) is 11.6 Å². The van der Waals surface area contributed by atoms with Crippen molar-refractivity contribution in [2.45, 2.75) is 12.6 Å². The van der Waals surface area contributed by atoms with Gasteiger partial charge in [0.2, 0.25) is 0 Å². The van der Waals surface area contributed by atoms with Crippen LogP contribution in [0.2, 0.25) is 0 Å². The maximum absolute atomic E-state index is 13.2. The topological polar surface area (TPSA) is 77.2 Å². The van der Waals surface area contributed by atoms with Crippen molar-refractivity contribution in [3.8, 4) is 0 Å². The Kier molecular flexibility index (Phi) is 6.09. The number of carbonyl (C=O) groups excluding carboxylic acids is 1. The first-order chi connectivity index (χ1) is 17.1. The number of benzene rings is 4. The smallest absolute Gasteiger partial charge is 0.269 e. The molecule has 6 heteroatoms. The third-order valence-corrected chi connectivity index (χ3v) is 6.07. The zero-order chi connectivity index (χ0) is 24.2. The van der Waals surface area contributed by atoms with Gasteiger partial charge in [-0.1, -0.05) is 66.7 Å². The van der Waals surface area contributed by atoms with Gasteiger partial charge in [0, 0.05) is 46.9 Å². The molecule has 0 saturated carbocycles. The molecule has 1 N–H and O–H groups in total. The van der Waals surface area contributed by atoms with E-state index in [1.807, 2.05) is 54.6 Å². The lowest BCUT2D eigenvalue weighted by Crippen LogP contribution is -2.29. The fourth-order valence-electron chi connectivity index (χ4n) is 4.35. The number of non-ortho nitro benzene ring substituents is 1. The number of fused-ring (bicyclic) bond motifs is 1. The summed E-state index contributed by atoms with van der Waals surface area (Å²) in [4.78, 5) is 24.0. The minimum atomic E-state index is -0.495. The first-order valence-electron chi connectivity index (χ1n) is 11.3. The van der Waals surface area contributed by atoms with Crippen LogP contribution >= 0.6 is 0 Å². The lowest BCUT2D eigenvalue weighted by molar-refractivity contribution is -0.384. The Labute approximate surface area is 202 Å². The van der Waals surface area contributed by atoms with Crippen LogP contribution in [0.25, 0.3) is 10.9 Å². The summed E-state index contributed by atoms with van der Waals surface area (Å²) < 4.78 is 2.17. The highest BCUT2D eigenvalue weighted by Crippen LogP contribution is 2.32. The predicted octanol–water partition coefficient (Wildman–Crippen LogP) is 6.12. The molecule has 0 bridgehead atoms. The first kappa shape index (κ1) is 22.1. The van der Waals surface area contributed by atoms with E-state index in [0.717, 1.165) is 22.0 Å². The number of hydrogen-bond acceptors (Lipinski definition) is 3. The lowest BCUT2D eigenvalue weighted by atomic mass is 9.97. The van der Waals surface area contributed by atoms with E-state index >= 15 is 0 Å². The van der Waals surface area contributed by atoms with Crippen molar-refractivity contribution in [3.63, 3.8) is 0 Å².